The number of nitrogen functional groups attached to an aromatic ring is 1. The van der Waals surface area contributed by atoms with Gasteiger partial charge in [0.1, 0.15) is 24.5 Å². The first-order valence-corrected chi connectivity index (χ1v) is 11.2. The minimum atomic E-state index is -1.29. The number of fused-ring (bicyclic) bond motifs is 3. The number of esters is 1. The summed E-state index contributed by atoms with van der Waals surface area (Å²) in [5.41, 5.74) is 5.30. The van der Waals surface area contributed by atoms with Crippen molar-refractivity contribution in [3.8, 4) is 5.75 Å². The Kier molecular flexibility index (Phi) is 6.97. The SMILES string of the molecule is Nc1ccc(OC(=O)OCC2(COC(=O)Cc3ccc([N+](=O)[O-])cc3)C(=O)C3CCN2CC3)cc1. The molecule has 3 saturated heterocycles. The molecule has 2 bridgehead atoms. The summed E-state index contributed by atoms with van der Waals surface area (Å²) in [6.45, 7) is 0.642. The Hall–Kier alpha value is -3.99. The van der Waals surface area contributed by atoms with Gasteiger partial charge in [-0.1, -0.05) is 12.1 Å². The Morgan fingerprint density at radius 1 is 1.03 bits per heavy atom. The second kappa shape index (κ2) is 10.1. The van der Waals surface area contributed by atoms with Crippen molar-refractivity contribution in [1.82, 2.24) is 4.90 Å². The molecule has 2 aromatic rings. The maximum Gasteiger partial charge on any atom is 0.513 e. The predicted octanol–water partition coefficient (Wildman–Crippen LogP) is 2.51. The van der Waals surface area contributed by atoms with Crippen LogP contribution >= 0.6 is 0 Å². The zero-order chi connectivity index (χ0) is 25.0. The summed E-state index contributed by atoms with van der Waals surface area (Å²) >= 11 is 0. The Bertz CT molecular complexity index is 1110. The molecule has 3 aliphatic heterocycles. The topological polar surface area (TPSA) is 151 Å². The van der Waals surface area contributed by atoms with Crippen LogP contribution in [0.1, 0.15) is 18.4 Å². The van der Waals surface area contributed by atoms with Crippen LogP contribution in [0, 0.1) is 16.0 Å². The molecule has 2 aromatic carbocycles. The van der Waals surface area contributed by atoms with Crippen molar-refractivity contribution in [3.05, 3.63) is 64.2 Å². The summed E-state index contributed by atoms with van der Waals surface area (Å²) in [7, 11) is 0. The molecule has 11 nitrogen and oxygen atoms in total. The van der Waals surface area contributed by atoms with Crippen molar-refractivity contribution in [2.75, 3.05) is 32.0 Å². The summed E-state index contributed by atoms with van der Waals surface area (Å²) in [6.07, 6.45) is 0.299. The monoisotopic (exact) mass is 483 g/mol. The molecule has 3 aliphatic rings. The number of nitrogens with two attached hydrogens (primary N) is 1. The molecule has 2 N–H and O–H groups in total. The highest BCUT2D eigenvalue weighted by molar-refractivity contribution is 5.93. The number of benzene rings is 2. The molecule has 11 heteroatoms. The number of ketones is 1. The first kappa shape index (κ1) is 24.1. The zero-order valence-corrected chi connectivity index (χ0v) is 18.9. The van der Waals surface area contributed by atoms with E-state index < -0.39 is 22.6 Å². The van der Waals surface area contributed by atoms with E-state index in [9.17, 15) is 24.5 Å². The lowest BCUT2D eigenvalue weighted by atomic mass is 9.74. The largest absolute Gasteiger partial charge is 0.513 e. The summed E-state index contributed by atoms with van der Waals surface area (Å²) < 4.78 is 15.9. The number of carbonyl (C=O) groups excluding carboxylic acids is 3. The predicted molar refractivity (Wildman–Crippen MR) is 123 cm³/mol. The van der Waals surface area contributed by atoms with Gasteiger partial charge in [-0.15, -0.1) is 0 Å². The van der Waals surface area contributed by atoms with Crippen molar-refractivity contribution in [1.29, 1.82) is 0 Å². The highest BCUT2D eigenvalue weighted by atomic mass is 16.7. The van der Waals surface area contributed by atoms with Crippen LogP contribution in [0.4, 0.5) is 16.2 Å². The van der Waals surface area contributed by atoms with Crippen molar-refractivity contribution in [2.45, 2.75) is 24.8 Å². The molecule has 1 unspecified atom stereocenters. The second-order valence-electron chi connectivity index (χ2n) is 8.63. The fourth-order valence-electron chi connectivity index (χ4n) is 4.46. The van der Waals surface area contributed by atoms with E-state index in [0.717, 1.165) is 0 Å². The molecular weight excluding hydrogens is 458 g/mol. The number of hydrogen-bond donors (Lipinski definition) is 1. The molecular formula is C24H25N3O8. The van der Waals surface area contributed by atoms with Gasteiger partial charge in [0.2, 0.25) is 0 Å². The highest BCUT2D eigenvalue weighted by Gasteiger charge is 2.55. The summed E-state index contributed by atoms with van der Waals surface area (Å²) in [5.74, 6) is -0.675. The maximum atomic E-state index is 13.2. The van der Waals surface area contributed by atoms with Crippen LogP contribution in [0.5, 0.6) is 5.75 Å². The molecule has 0 aromatic heterocycles. The quantitative estimate of drug-likeness (QED) is 0.195. The minimum absolute atomic E-state index is 0.0827. The fraction of sp³-hybridized carbons (Fsp3) is 0.375. The molecule has 0 saturated carbocycles. The lowest BCUT2D eigenvalue weighted by Gasteiger charge is -2.51. The van der Waals surface area contributed by atoms with Gasteiger partial charge in [-0.3, -0.25) is 24.6 Å². The minimum Gasteiger partial charge on any atom is -0.463 e. The van der Waals surface area contributed by atoms with E-state index in [4.69, 9.17) is 19.9 Å². The molecule has 184 valence electrons. The smallest absolute Gasteiger partial charge is 0.463 e. The summed E-state index contributed by atoms with van der Waals surface area (Å²) in [6, 6.07) is 11.7. The first-order valence-electron chi connectivity index (χ1n) is 11.2. The van der Waals surface area contributed by atoms with Crippen LogP contribution in [-0.4, -0.2) is 59.6 Å². The number of rotatable bonds is 8. The van der Waals surface area contributed by atoms with Crippen LogP contribution in [0.15, 0.2) is 48.5 Å². The van der Waals surface area contributed by atoms with E-state index in [-0.39, 0.29) is 42.8 Å². The van der Waals surface area contributed by atoms with Gasteiger partial charge in [-0.05, 0) is 42.7 Å². The fourth-order valence-corrected chi connectivity index (χ4v) is 4.46. The average Bonchev–Trinajstić information content (AvgIpc) is 2.85. The maximum absolute atomic E-state index is 13.2. The Morgan fingerprint density at radius 3 is 2.26 bits per heavy atom. The third-order valence-electron chi connectivity index (χ3n) is 6.41. The van der Waals surface area contributed by atoms with Crippen LogP contribution in [0.25, 0.3) is 0 Å². The number of Topliss-reactive ketones (excluding diaryl/α,β-unsaturated/α-hetero) is 1. The summed E-state index contributed by atoms with van der Waals surface area (Å²) in [5, 5.41) is 10.8. The Morgan fingerprint density at radius 2 is 1.66 bits per heavy atom. The Balaban J connectivity index is 1.40. The molecule has 1 atom stereocenters. The number of nitro groups is 1. The van der Waals surface area contributed by atoms with Crippen molar-refractivity contribution in [3.63, 3.8) is 0 Å². The molecule has 0 aliphatic carbocycles. The number of nitro benzene ring substituents is 1. The van der Waals surface area contributed by atoms with E-state index in [1.807, 2.05) is 4.90 Å². The molecule has 3 heterocycles. The van der Waals surface area contributed by atoms with Gasteiger partial charge in [-0.2, -0.15) is 0 Å². The number of hydrogen-bond acceptors (Lipinski definition) is 10. The van der Waals surface area contributed by atoms with E-state index in [1.54, 1.807) is 12.1 Å². The van der Waals surface area contributed by atoms with Gasteiger partial charge in [0.25, 0.3) is 5.69 Å². The van der Waals surface area contributed by atoms with Crippen LogP contribution in [0.2, 0.25) is 0 Å². The third kappa shape index (κ3) is 5.40. The van der Waals surface area contributed by atoms with E-state index in [1.165, 1.54) is 36.4 Å². The van der Waals surface area contributed by atoms with Crippen molar-refractivity contribution in [2.24, 2.45) is 5.92 Å². The van der Waals surface area contributed by atoms with Crippen LogP contribution < -0.4 is 10.5 Å². The molecule has 5 rings (SSSR count). The van der Waals surface area contributed by atoms with E-state index >= 15 is 0 Å². The number of ether oxygens (including phenoxy) is 3. The Labute approximate surface area is 200 Å². The first-order chi connectivity index (χ1) is 16.8. The van der Waals surface area contributed by atoms with Crippen molar-refractivity contribution < 1.29 is 33.5 Å². The number of non-ortho nitro benzene ring substituents is 1. The van der Waals surface area contributed by atoms with E-state index in [0.29, 0.717) is 37.2 Å². The van der Waals surface area contributed by atoms with E-state index in [2.05, 4.69) is 0 Å². The third-order valence-corrected chi connectivity index (χ3v) is 6.41. The normalized spacial score (nSPS) is 22.9. The number of carbonyl (C=O) groups is 3. The average molecular weight is 483 g/mol. The van der Waals surface area contributed by atoms with Gasteiger partial charge in [0, 0.05) is 36.8 Å². The highest BCUT2D eigenvalue weighted by Crippen LogP contribution is 2.37. The number of nitrogens with zero attached hydrogens (tertiary/aromatic N) is 2. The van der Waals surface area contributed by atoms with Gasteiger partial charge in [0.05, 0.1) is 11.3 Å². The van der Waals surface area contributed by atoms with Gasteiger partial charge in [-0.25, -0.2) is 4.79 Å². The molecule has 3 fully saturated rings. The van der Waals surface area contributed by atoms with Gasteiger partial charge < -0.3 is 19.9 Å². The molecule has 0 amide bonds. The standard InChI is InChI=1S/C24H25N3O8/c25-18-3-7-20(8-4-18)35-23(30)34-15-24(22(29)17-9-11-26(24)12-10-17)14-33-21(28)13-16-1-5-19(6-2-16)27(31)32/h1-8,17H,9-15,25H2. The van der Waals surface area contributed by atoms with Gasteiger partial charge >= 0.3 is 12.1 Å². The zero-order valence-electron chi connectivity index (χ0n) is 18.9. The number of piperidine rings is 3. The van der Waals surface area contributed by atoms with Gasteiger partial charge in [0.15, 0.2) is 5.78 Å². The van der Waals surface area contributed by atoms with Crippen LogP contribution in [-0.2, 0) is 25.5 Å². The second-order valence-corrected chi connectivity index (χ2v) is 8.63. The van der Waals surface area contributed by atoms with Crippen molar-refractivity contribution >= 4 is 29.3 Å². The molecule has 0 spiro atoms. The molecule has 35 heavy (non-hydrogen) atoms. The lowest BCUT2D eigenvalue weighted by molar-refractivity contribution is -0.384. The number of anilines is 1. The summed E-state index contributed by atoms with van der Waals surface area (Å²) in [4.78, 5) is 50.2. The lowest BCUT2D eigenvalue weighted by Crippen LogP contribution is -2.69. The molecule has 0 radical (unpaired) electrons. The van der Waals surface area contributed by atoms with Crippen LogP contribution in [0.3, 0.4) is 0 Å².